The SMILES string of the molecule is CC(C)[C@@H](CO)n1c(=O)[nH]c2ncc(-c3ccco3)nc21. The summed E-state index contributed by atoms with van der Waals surface area (Å²) in [5, 5.41) is 9.57. The summed E-state index contributed by atoms with van der Waals surface area (Å²) in [5.41, 5.74) is 1.03. The van der Waals surface area contributed by atoms with Crippen LogP contribution in [0.25, 0.3) is 22.7 Å². The van der Waals surface area contributed by atoms with E-state index < -0.39 is 0 Å². The van der Waals surface area contributed by atoms with E-state index in [1.165, 1.54) is 4.57 Å². The van der Waals surface area contributed by atoms with E-state index in [2.05, 4.69) is 15.0 Å². The van der Waals surface area contributed by atoms with E-state index in [0.29, 0.717) is 22.7 Å². The standard InChI is InChI=1S/C14H16N4O3/c1-8(2)10(7-19)18-13-12(17-14(18)20)15-6-9(16-13)11-4-3-5-21-11/h3-6,8,10,19H,7H2,1-2H3,(H,15,17,20)/t10-/m1/s1. The van der Waals surface area contributed by atoms with Crippen LogP contribution in [-0.2, 0) is 0 Å². The van der Waals surface area contributed by atoms with Crippen LogP contribution >= 0.6 is 0 Å². The second kappa shape index (κ2) is 5.17. The third kappa shape index (κ3) is 2.25. The van der Waals surface area contributed by atoms with E-state index in [0.717, 1.165) is 0 Å². The average molecular weight is 288 g/mol. The Labute approximate surface area is 120 Å². The molecule has 110 valence electrons. The Hall–Kier alpha value is -2.41. The molecule has 7 heteroatoms. The third-order valence-electron chi connectivity index (χ3n) is 3.49. The summed E-state index contributed by atoms with van der Waals surface area (Å²) in [5.74, 6) is 0.662. The van der Waals surface area contributed by atoms with Crippen LogP contribution < -0.4 is 5.69 Å². The number of aromatic amines is 1. The lowest BCUT2D eigenvalue weighted by atomic mass is 10.1. The Balaban J connectivity index is 2.22. The minimum Gasteiger partial charge on any atom is -0.463 e. The van der Waals surface area contributed by atoms with Crippen LogP contribution in [0.2, 0.25) is 0 Å². The van der Waals surface area contributed by atoms with Crippen LogP contribution in [0.4, 0.5) is 0 Å². The fourth-order valence-corrected chi connectivity index (χ4v) is 2.33. The number of H-pyrrole nitrogens is 1. The number of hydrogen-bond acceptors (Lipinski definition) is 5. The first kappa shape index (κ1) is 13.6. The number of aromatic nitrogens is 4. The lowest BCUT2D eigenvalue weighted by Crippen LogP contribution is -2.28. The highest BCUT2D eigenvalue weighted by atomic mass is 16.3. The molecule has 0 aliphatic heterocycles. The van der Waals surface area contributed by atoms with Gasteiger partial charge in [0.1, 0.15) is 5.69 Å². The number of furan rings is 1. The molecule has 3 aromatic rings. The Morgan fingerprint density at radius 2 is 2.29 bits per heavy atom. The predicted molar refractivity (Wildman–Crippen MR) is 76.8 cm³/mol. The van der Waals surface area contributed by atoms with Gasteiger partial charge in [0.15, 0.2) is 17.1 Å². The van der Waals surface area contributed by atoms with Crippen molar-refractivity contribution < 1.29 is 9.52 Å². The van der Waals surface area contributed by atoms with E-state index in [1.54, 1.807) is 24.6 Å². The van der Waals surface area contributed by atoms with Gasteiger partial charge in [0.25, 0.3) is 0 Å². The van der Waals surface area contributed by atoms with Crippen LogP contribution in [0.1, 0.15) is 19.9 Å². The number of nitrogens with one attached hydrogen (secondary N) is 1. The molecule has 0 aliphatic rings. The van der Waals surface area contributed by atoms with Gasteiger partial charge in [-0.1, -0.05) is 13.8 Å². The van der Waals surface area contributed by atoms with Crippen molar-refractivity contribution in [3.63, 3.8) is 0 Å². The van der Waals surface area contributed by atoms with E-state index in [9.17, 15) is 9.90 Å². The number of hydrogen-bond donors (Lipinski definition) is 2. The van der Waals surface area contributed by atoms with Crippen LogP contribution in [0.3, 0.4) is 0 Å². The van der Waals surface area contributed by atoms with E-state index >= 15 is 0 Å². The zero-order chi connectivity index (χ0) is 15.0. The number of rotatable bonds is 4. The largest absolute Gasteiger partial charge is 0.463 e. The van der Waals surface area contributed by atoms with Crippen molar-refractivity contribution >= 4 is 11.3 Å². The molecule has 21 heavy (non-hydrogen) atoms. The normalized spacial score (nSPS) is 13.1. The van der Waals surface area contributed by atoms with Crippen molar-refractivity contribution in [1.29, 1.82) is 0 Å². The lowest BCUT2D eigenvalue weighted by Gasteiger charge is -2.19. The Bertz CT molecular complexity index is 801. The minimum absolute atomic E-state index is 0.0840. The van der Waals surface area contributed by atoms with Crippen molar-refractivity contribution in [3.8, 4) is 11.5 Å². The lowest BCUT2D eigenvalue weighted by molar-refractivity contribution is 0.193. The van der Waals surface area contributed by atoms with Gasteiger partial charge in [0, 0.05) is 0 Å². The smallest absolute Gasteiger partial charge is 0.329 e. The first-order chi connectivity index (χ1) is 10.1. The minimum atomic E-state index is -0.354. The highest BCUT2D eigenvalue weighted by molar-refractivity contribution is 5.69. The molecule has 0 aliphatic carbocycles. The number of fused-ring (bicyclic) bond motifs is 1. The monoisotopic (exact) mass is 288 g/mol. The summed E-state index contributed by atoms with van der Waals surface area (Å²) in [7, 11) is 0. The molecule has 3 heterocycles. The molecule has 0 aromatic carbocycles. The molecule has 7 nitrogen and oxygen atoms in total. The first-order valence-electron chi connectivity index (χ1n) is 6.73. The zero-order valence-electron chi connectivity index (χ0n) is 11.8. The van der Waals surface area contributed by atoms with Crippen molar-refractivity contribution in [2.45, 2.75) is 19.9 Å². The molecule has 0 bridgehead atoms. The van der Waals surface area contributed by atoms with Crippen LogP contribution in [-0.4, -0.2) is 31.2 Å². The van der Waals surface area contributed by atoms with Gasteiger partial charge in [0.2, 0.25) is 0 Å². The fourth-order valence-electron chi connectivity index (χ4n) is 2.33. The van der Waals surface area contributed by atoms with Gasteiger partial charge in [-0.2, -0.15) is 0 Å². The third-order valence-corrected chi connectivity index (χ3v) is 3.49. The number of aliphatic hydroxyl groups is 1. The predicted octanol–water partition coefficient (Wildman–Crippen LogP) is 1.57. The summed E-state index contributed by atoms with van der Waals surface area (Å²) >= 11 is 0. The van der Waals surface area contributed by atoms with Gasteiger partial charge < -0.3 is 9.52 Å². The molecule has 3 aromatic heterocycles. The average Bonchev–Trinajstić information content (AvgIpc) is 3.07. The van der Waals surface area contributed by atoms with Crippen LogP contribution in [0.5, 0.6) is 0 Å². The molecule has 0 saturated heterocycles. The number of imidazole rings is 1. The molecular formula is C14H16N4O3. The Morgan fingerprint density at radius 1 is 1.48 bits per heavy atom. The van der Waals surface area contributed by atoms with Gasteiger partial charge in [-0.25, -0.2) is 14.8 Å². The summed E-state index contributed by atoms with van der Waals surface area (Å²) < 4.78 is 6.76. The molecule has 0 unspecified atom stereocenters. The van der Waals surface area contributed by atoms with Gasteiger partial charge in [0.05, 0.1) is 25.1 Å². The maximum atomic E-state index is 12.1. The van der Waals surface area contributed by atoms with E-state index in [4.69, 9.17) is 4.42 Å². The van der Waals surface area contributed by atoms with Crippen molar-refractivity contribution in [2.75, 3.05) is 6.61 Å². The van der Waals surface area contributed by atoms with Gasteiger partial charge >= 0.3 is 5.69 Å². The molecule has 0 spiro atoms. The maximum absolute atomic E-state index is 12.1. The van der Waals surface area contributed by atoms with E-state index in [-0.39, 0.29) is 24.3 Å². The van der Waals surface area contributed by atoms with Gasteiger partial charge in [-0.3, -0.25) is 9.55 Å². The topological polar surface area (TPSA) is 96.9 Å². The molecule has 0 saturated carbocycles. The summed E-state index contributed by atoms with van der Waals surface area (Å²) in [4.78, 5) is 23.5. The molecule has 2 N–H and O–H groups in total. The summed E-state index contributed by atoms with van der Waals surface area (Å²) in [6.07, 6.45) is 3.10. The summed E-state index contributed by atoms with van der Waals surface area (Å²) in [6.45, 7) is 3.74. The first-order valence-corrected chi connectivity index (χ1v) is 6.73. The molecule has 1 atom stereocenters. The van der Waals surface area contributed by atoms with Crippen molar-refractivity contribution in [3.05, 3.63) is 35.1 Å². The van der Waals surface area contributed by atoms with Crippen molar-refractivity contribution in [2.24, 2.45) is 5.92 Å². The second-order valence-electron chi connectivity index (χ2n) is 5.20. The molecule has 3 rings (SSSR count). The zero-order valence-corrected chi connectivity index (χ0v) is 11.8. The molecule has 0 fully saturated rings. The highest BCUT2D eigenvalue weighted by Crippen LogP contribution is 2.22. The molecular weight excluding hydrogens is 272 g/mol. The van der Waals surface area contributed by atoms with Gasteiger partial charge in [-0.15, -0.1) is 0 Å². The Kier molecular flexibility index (Phi) is 3.34. The molecule has 0 radical (unpaired) electrons. The highest BCUT2D eigenvalue weighted by Gasteiger charge is 2.21. The molecule has 0 amide bonds. The number of nitrogens with zero attached hydrogens (tertiary/aromatic N) is 3. The second-order valence-corrected chi connectivity index (χ2v) is 5.20. The fraction of sp³-hybridized carbons (Fsp3) is 0.357. The van der Waals surface area contributed by atoms with Crippen molar-refractivity contribution in [1.82, 2.24) is 19.5 Å². The van der Waals surface area contributed by atoms with Gasteiger partial charge in [-0.05, 0) is 18.1 Å². The summed E-state index contributed by atoms with van der Waals surface area (Å²) in [6, 6.07) is 3.18. The Morgan fingerprint density at radius 3 is 2.90 bits per heavy atom. The quantitative estimate of drug-likeness (QED) is 0.759. The number of aliphatic hydroxyl groups excluding tert-OH is 1. The van der Waals surface area contributed by atoms with Crippen LogP contribution in [0.15, 0.2) is 33.8 Å². The van der Waals surface area contributed by atoms with E-state index in [1.807, 2.05) is 13.8 Å². The van der Waals surface area contributed by atoms with Crippen LogP contribution in [0, 0.1) is 5.92 Å². The maximum Gasteiger partial charge on any atom is 0.329 e.